The van der Waals surface area contributed by atoms with Gasteiger partial charge in [-0.25, -0.2) is 9.98 Å². The zero-order valence-corrected chi connectivity index (χ0v) is 13.0. The second-order valence-corrected chi connectivity index (χ2v) is 5.45. The number of amidine groups is 1. The van der Waals surface area contributed by atoms with Gasteiger partial charge in [-0.15, -0.1) is 0 Å². The number of rotatable bonds is 6. The summed E-state index contributed by atoms with van der Waals surface area (Å²) in [5.74, 6) is -0.861. The molecule has 2 heterocycles. The molecule has 0 bridgehead atoms. The molecule has 1 aromatic carbocycles. The Hall–Kier alpha value is -2.54. The molecule has 2 aliphatic heterocycles. The van der Waals surface area contributed by atoms with Crippen LogP contribution in [-0.4, -0.2) is 38.0 Å². The quantitative estimate of drug-likeness (QED) is 0.686. The van der Waals surface area contributed by atoms with Crippen LogP contribution >= 0.6 is 0 Å². The average molecular weight is 315 g/mol. The summed E-state index contributed by atoms with van der Waals surface area (Å²) in [7, 11) is 1.62. The highest BCUT2D eigenvalue weighted by Crippen LogP contribution is 2.21. The zero-order chi connectivity index (χ0) is 16.1. The molecule has 2 atom stereocenters. The third-order valence-electron chi connectivity index (χ3n) is 3.82. The molecule has 0 amide bonds. The fourth-order valence-corrected chi connectivity index (χ4v) is 2.50. The molecule has 3 rings (SSSR count). The van der Waals surface area contributed by atoms with E-state index in [1.807, 2.05) is 18.2 Å². The maximum Gasteiger partial charge on any atom is 0.282 e. The van der Waals surface area contributed by atoms with Crippen molar-refractivity contribution in [2.45, 2.75) is 24.7 Å². The summed E-state index contributed by atoms with van der Waals surface area (Å²) >= 11 is 0. The Morgan fingerprint density at radius 1 is 1.43 bits per heavy atom. The number of nitrogens with two attached hydrogens (primary N) is 1. The molecule has 23 heavy (non-hydrogen) atoms. The number of nitrogens with zero attached hydrogens (tertiary/aromatic N) is 2. The van der Waals surface area contributed by atoms with Crippen molar-refractivity contribution in [1.29, 1.82) is 0 Å². The molecule has 0 aliphatic carbocycles. The predicted molar refractivity (Wildman–Crippen MR) is 90.3 cm³/mol. The van der Waals surface area contributed by atoms with Gasteiger partial charge in [0.1, 0.15) is 6.61 Å². The van der Waals surface area contributed by atoms with Gasteiger partial charge in [-0.05, 0) is 30.5 Å². The second kappa shape index (κ2) is 6.70. The van der Waals surface area contributed by atoms with Gasteiger partial charge in [0.15, 0.2) is 0 Å². The molecule has 2 aliphatic rings. The number of anilines is 1. The zero-order valence-electron chi connectivity index (χ0n) is 13.0. The molecule has 0 radical (unpaired) electrons. The highest BCUT2D eigenvalue weighted by molar-refractivity contribution is 5.73. The molecule has 7 heteroatoms. The third-order valence-corrected chi connectivity index (χ3v) is 3.82. The number of ether oxygens (including phenoxy) is 2. The Morgan fingerprint density at radius 3 is 2.87 bits per heavy atom. The minimum absolute atomic E-state index is 0.166. The minimum Gasteiger partial charge on any atom is -0.463 e. The van der Waals surface area contributed by atoms with Crippen LogP contribution in [0.1, 0.15) is 12.0 Å². The summed E-state index contributed by atoms with van der Waals surface area (Å²) in [5, 5.41) is 6.16. The van der Waals surface area contributed by atoms with Crippen molar-refractivity contribution in [1.82, 2.24) is 5.32 Å². The van der Waals surface area contributed by atoms with Crippen molar-refractivity contribution in [3.05, 3.63) is 42.1 Å². The van der Waals surface area contributed by atoms with Crippen LogP contribution in [0.4, 0.5) is 5.69 Å². The number of aryl methyl sites for hydroxylation is 1. The molecule has 0 fully saturated rings. The molecule has 0 aromatic heterocycles. The minimum atomic E-state index is -0.861. The third kappa shape index (κ3) is 3.81. The van der Waals surface area contributed by atoms with Gasteiger partial charge < -0.3 is 25.8 Å². The second-order valence-electron chi connectivity index (χ2n) is 5.45. The number of hydrogen-bond donors (Lipinski definition) is 3. The van der Waals surface area contributed by atoms with Crippen LogP contribution < -0.4 is 16.4 Å². The first-order valence-corrected chi connectivity index (χ1v) is 7.55. The molecule has 4 N–H and O–H groups in total. The lowest BCUT2D eigenvalue weighted by molar-refractivity contribution is 0.0639. The van der Waals surface area contributed by atoms with E-state index in [-0.39, 0.29) is 6.04 Å². The molecule has 0 spiro atoms. The fraction of sp³-hybridized carbons (Fsp3) is 0.375. The Kier molecular flexibility index (Phi) is 4.47. The Labute approximate surface area is 135 Å². The topological polar surface area (TPSA) is 93.3 Å². The lowest BCUT2D eigenvalue weighted by Crippen LogP contribution is -2.39. The van der Waals surface area contributed by atoms with Gasteiger partial charge >= 0.3 is 0 Å². The van der Waals surface area contributed by atoms with E-state index in [2.05, 4.69) is 32.8 Å². The van der Waals surface area contributed by atoms with Gasteiger partial charge in [0.2, 0.25) is 0 Å². The van der Waals surface area contributed by atoms with E-state index in [1.54, 1.807) is 19.6 Å². The van der Waals surface area contributed by atoms with E-state index in [0.29, 0.717) is 12.6 Å². The monoisotopic (exact) mass is 315 g/mol. The molecule has 122 valence electrons. The van der Waals surface area contributed by atoms with Crippen LogP contribution in [0.25, 0.3) is 0 Å². The van der Waals surface area contributed by atoms with Gasteiger partial charge in [0.25, 0.3) is 11.9 Å². The van der Waals surface area contributed by atoms with Crippen LogP contribution in [0, 0.1) is 0 Å². The highest BCUT2D eigenvalue weighted by Gasteiger charge is 2.26. The van der Waals surface area contributed by atoms with Crippen LogP contribution in [0.3, 0.4) is 0 Å². The van der Waals surface area contributed by atoms with Gasteiger partial charge in [0.05, 0.1) is 12.4 Å². The van der Waals surface area contributed by atoms with Crippen molar-refractivity contribution in [3.63, 3.8) is 0 Å². The first-order chi connectivity index (χ1) is 11.2. The predicted octanol–water partition coefficient (Wildman–Crippen LogP) is 1.19. The fourth-order valence-electron chi connectivity index (χ4n) is 2.50. The molecule has 1 unspecified atom stereocenters. The lowest BCUT2D eigenvalue weighted by Gasteiger charge is -2.28. The summed E-state index contributed by atoms with van der Waals surface area (Å²) in [4.78, 5) is 8.53. The largest absolute Gasteiger partial charge is 0.463 e. The van der Waals surface area contributed by atoms with Crippen molar-refractivity contribution < 1.29 is 9.47 Å². The van der Waals surface area contributed by atoms with Crippen molar-refractivity contribution in [3.8, 4) is 0 Å². The molecular weight excluding hydrogens is 294 g/mol. The first-order valence-electron chi connectivity index (χ1n) is 7.55. The van der Waals surface area contributed by atoms with E-state index in [4.69, 9.17) is 15.2 Å². The van der Waals surface area contributed by atoms with E-state index in [1.165, 1.54) is 5.56 Å². The number of aliphatic imine (C=N–C) groups is 2. The van der Waals surface area contributed by atoms with Gasteiger partial charge in [-0.2, -0.15) is 0 Å². The molecule has 1 aromatic rings. The summed E-state index contributed by atoms with van der Waals surface area (Å²) in [6.45, 7) is 0.584. The molecule has 7 nitrogen and oxygen atoms in total. The number of hydrogen-bond acceptors (Lipinski definition) is 7. The molecule has 0 saturated carbocycles. The van der Waals surface area contributed by atoms with E-state index in [9.17, 15) is 0 Å². The van der Waals surface area contributed by atoms with Gasteiger partial charge in [0, 0.05) is 25.1 Å². The Balaban J connectivity index is 1.57. The lowest BCUT2D eigenvalue weighted by atomic mass is 10.1. The normalized spacial score (nSPS) is 25.6. The van der Waals surface area contributed by atoms with Crippen LogP contribution in [0.5, 0.6) is 0 Å². The van der Waals surface area contributed by atoms with E-state index >= 15 is 0 Å². The highest BCUT2D eigenvalue weighted by atomic mass is 16.5. The maximum atomic E-state index is 5.51. The van der Waals surface area contributed by atoms with E-state index < -0.39 is 5.85 Å². The summed E-state index contributed by atoms with van der Waals surface area (Å²) < 4.78 is 10.6. The first kappa shape index (κ1) is 15.4. The van der Waals surface area contributed by atoms with Crippen molar-refractivity contribution in [2.24, 2.45) is 15.7 Å². The maximum absolute atomic E-state index is 5.51. The van der Waals surface area contributed by atoms with Crippen LogP contribution in [0.2, 0.25) is 0 Å². The van der Waals surface area contributed by atoms with Crippen molar-refractivity contribution in [2.75, 3.05) is 19.0 Å². The number of nitrogens with one attached hydrogen (secondary N) is 2. The van der Waals surface area contributed by atoms with Gasteiger partial charge in [-0.1, -0.05) is 12.1 Å². The summed E-state index contributed by atoms with van der Waals surface area (Å²) in [6.07, 6.45) is 7.06. The Bertz CT molecular complexity index is 612. The standard InChI is InChI=1S/C16H21N5O2/c1-22-16(8-9-18-11-19-16)21-13-5-2-12(3-6-13)4-7-14-10-23-15(17)20-14/h2-3,5-6,8-9,11,14,21H,4,7,10H2,1H3,(H2,17,20)(H,18,19)/t14-,16?/m0/s1. The number of methoxy groups -OCH3 is 1. The Morgan fingerprint density at radius 2 is 2.26 bits per heavy atom. The van der Waals surface area contributed by atoms with E-state index in [0.717, 1.165) is 18.5 Å². The average Bonchev–Trinajstić information content (AvgIpc) is 3.00. The van der Waals surface area contributed by atoms with Crippen LogP contribution in [0.15, 0.2) is 46.5 Å². The van der Waals surface area contributed by atoms with Crippen molar-refractivity contribution >= 4 is 18.0 Å². The summed E-state index contributed by atoms with van der Waals surface area (Å²) in [5.41, 5.74) is 7.69. The molecular formula is C16H21N5O2. The number of benzene rings is 1. The SMILES string of the molecule is COC1(Nc2ccc(CC[C@H]3COC(N)=N3)cc2)C=CNC=N1. The van der Waals surface area contributed by atoms with Gasteiger partial charge in [-0.3, -0.25) is 0 Å². The smallest absolute Gasteiger partial charge is 0.282 e. The molecule has 0 saturated heterocycles. The summed E-state index contributed by atoms with van der Waals surface area (Å²) in [6, 6.07) is 8.68. The van der Waals surface area contributed by atoms with Crippen LogP contribution in [-0.2, 0) is 15.9 Å².